The maximum atomic E-state index is 11.9. The van der Waals surface area contributed by atoms with Crippen LogP contribution in [0, 0.1) is 0 Å². The van der Waals surface area contributed by atoms with Gasteiger partial charge in [-0.15, -0.1) is 6.58 Å². The molecule has 7 heteroatoms. The van der Waals surface area contributed by atoms with Crippen LogP contribution in [-0.4, -0.2) is 49.7 Å². The van der Waals surface area contributed by atoms with Crippen LogP contribution < -0.4 is 10.2 Å². The van der Waals surface area contributed by atoms with Crippen molar-refractivity contribution in [3.05, 3.63) is 53.6 Å². The first-order valence-corrected chi connectivity index (χ1v) is 10.3. The Morgan fingerprint density at radius 3 is 2.69 bits per heavy atom. The van der Waals surface area contributed by atoms with Crippen LogP contribution in [0.25, 0.3) is 0 Å². The third-order valence-corrected chi connectivity index (χ3v) is 5.19. The molecule has 1 aromatic carbocycles. The summed E-state index contributed by atoms with van der Waals surface area (Å²) in [5.74, 6) is 0. The minimum Gasteiger partial charge on any atom is -0.309 e. The first-order chi connectivity index (χ1) is 13.8. The smallest absolute Gasteiger partial charge is 0.214 e. The van der Waals surface area contributed by atoms with Gasteiger partial charge in [0, 0.05) is 36.9 Å². The first kappa shape index (κ1) is 24.9. The predicted molar refractivity (Wildman–Crippen MR) is 122 cm³/mol. The van der Waals surface area contributed by atoms with Gasteiger partial charge in [-0.25, -0.2) is 0 Å². The van der Waals surface area contributed by atoms with Crippen LogP contribution in [-0.2, 0) is 4.79 Å². The molecule has 3 atom stereocenters. The number of halogens is 1. The maximum Gasteiger partial charge on any atom is 0.214 e. The molecule has 0 fully saturated rings. The highest BCUT2D eigenvalue weighted by molar-refractivity contribution is 6.30. The molecule has 0 spiro atoms. The molecule has 1 N–H and O–H groups in total. The number of hydrogen-bond donors (Lipinski definition) is 1. The molecule has 0 aliphatic rings. The first-order valence-electron chi connectivity index (χ1n) is 9.92. The van der Waals surface area contributed by atoms with Gasteiger partial charge in [0.05, 0.1) is 12.1 Å². The summed E-state index contributed by atoms with van der Waals surface area (Å²) >= 11 is 6.12. The molecular weight excluding hydrogens is 386 g/mol. The van der Waals surface area contributed by atoms with E-state index in [1.807, 2.05) is 57.1 Å². The lowest BCUT2D eigenvalue weighted by atomic mass is 10.0. The third-order valence-electron chi connectivity index (χ3n) is 4.96. The van der Waals surface area contributed by atoms with Crippen molar-refractivity contribution in [2.45, 2.75) is 52.2 Å². The quantitative estimate of drug-likeness (QED) is 0.214. The van der Waals surface area contributed by atoms with Gasteiger partial charge in [0.1, 0.15) is 0 Å². The lowest BCUT2D eigenvalue weighted by molar-refractivity contribution is -0.107. The second-order valence-electron chi connectivity index (χ2n) is 7.14. The normalized spacial score (nSPS) is 15.0. The number of rotatable bonds is 13. The fourth-order valence-corrected chi connectivity index (χ4v) is 2.98. The van der Waals surface area contributed by atoms with Crippen LogP contribution >= 0.6 is 11.6 Å². The number of nitrogens with one attached hydrogen (secondary N) is 1. The van der Waals surface area contributed by atoms with Gasteiger partial charge in [-0.1, -0.05) is 40.6 Å². The Bertz CT molecular complexity index is 706. The molecule has 1 rings (SSSR count). The van der Waals surface area contributed by atoms with Crippen LogP contribution in [0.15, 0.2) is 58.9 Å². The van der Waals surface area contributed by atoms with Crippen molar-refractivity contribution >= 4 is 23.7 Å². The molecule has 160 valence electrons. The summed E-state index contributed by atoms with van der Waals surface area (Å²) in [6.07, 6.45) is 5.44. The van der Waals surface area contributed by atoms with E-state index in [4.69, 9.17) is 11.6 Å². The largest absolute Gasteiger partial charge is 0.309 e. The molecule has 0 aliphatic heterocycles. The number of amides is 1. The van der Waals surface area contributed by atoms with E-state index in [0.717, 1.165) is 30.6 Å². The Morgan fingerprint density at radius 2 is 2.10 bits per heavy atom. The molecule has 2 unspecified atom stereocenters. The topological polar surface area (TPSA) is 60.3 Å². The Morgan fingerprint density at radius 1 is 1.38 bits per heavy atom. The lowest BCUT2D eigenvalue weighted by Crippen LogP contribution is -2.37. The molecule has 0 bridgehead atoms. The molecule has 0 aliphatic carbocycles. The Hall–Kier alpha value is -2.18. The average Bonchev–Trinajstić information content (AvgIpc) is 2.72. The van der Waals surface area contributed by atoms with Gasteiger partial charge in [-0.05, 0) is 52.3 Å². The lowest BCUT2D eigenvalue weighted by Gasteiger charge is -2.30. The summed E-state index contributed by atoms with van der Waals surface area (Å²) in [6, 6.07) is 7.50. The second kappa shape index (κ2) is 13.1. The summed E-state index contributed by atoms with van der Waals surface area (Å²) in [7, 11) is 1.89. The highest BCUT2D eigenvalue weighted by Gasteiger charge is 2.21. The van der Waals surface area contributed by atoms with E-state index >= 15 is 0 Å². The molecule has 1 amide bonds. The van der Waals surface area contributed by atoms with Gasteiger partial charge in [0.25, 0.3) is 0 Å². The molecule has 0 radical (unpaired) electrons. The number of anilines is 1. The van der Waals surface area contributed by atoms with Gasteiger partial charge < -0.3 is 10.2 Å². The third kappa shape index (κ3) is 8.38. The number of nitrogens with zero attached hydrogens (tertiary/aromatic N) is 4. The minimum absolute atomic E-state index is 0.0448. The van der Waals surface area contributed by atoms with Crippen LogP contribution in [0.3, 0.4) is 0 Å². The zero-order chi connectivity index (χ0) is 21.8. The summed E-state index contributed by atoms with van der Waals surface area (Å²) < 4.78 is 0. The van der Waals surface area contributed by atoms with Crippen molar-refractivity contribution in [2.24, 2.45) is 10.3 Å². The van der Waals surface area contributed by atoms with Crippen LogP contribution in [0.4, 0.5) is 5.69 Å². The average molecular weight is 420 g/mol. The highest BCUT2D eigenvalue weighted by atomic mass is 35.5. The van der Waals surface area contributed by atoms with Crippen molar-refractivity contribution in [2.75, 3.05) is 25.0 Å². The van der Waals surface area contributed by atoms with Gasteiger partial charge in [0.15, 0.2) is 0 Å². The van der Waals surface area contributed by atoms with Crippen molar-refractivity contribution in [1.29, 1.82) is 0 Å². The summed E-state index contributed by atoms with van der Waals surface area (Å²) in [5.41, 5.74) is 1.89. The van der Waals surface area contributed by atoms with E-state index in [0.29, 0.717) is 11.6 Å². The number of carbonyl (C=O) groups is 1. The molecule has 29 heavy (non-hydrogen) atoms. The number of carbonyl (C=O) groups excluding carboxylic acids is 1. The van der Waals surface area contributed by atoms with E-state index in [1.165, 1.54) is 0 Å². The Balaban J connectivity index is 2.80. The molecule has 0 aromatic heterocycles. The maximum absolute atomic E-state index is 11.9. The van der Waals surface area contributed by atoms with Crippen LogP contribution in [0.5, 0.6) is 0 Å². The van der Waals surface area contributed by atoms with Gasteiger partial charge in [0.2, 0.25) is 6.41 Å². The van der Waals surface area contributed by atoms with Gasteiger partial charge in [-0.2, -0.15) is 5.11 Å². The number of benzene rings is 1. The number of hydrogen-bond acceptors (Lipinski definition) is 4. The van der Waals surface area contributed by atoms with Crippen molar-refractivity contribution in [1.82, 2.24) is 10.3 Å². The predicted octanol–water partition coefficient (Wildman–Crippen LogP) is 4.88. The zero-order valence-corrected chi connectivity index (χ0v) is 18.9. The Kier molecular flexibility index (Phi) is 11.2. The van der Waals surface area contributed by atoms with Crippen molar-refractivity contribution in [3.8, 4) is 0 Å². The van der Waals surface area contributed by atoms with Gasteiger partial charge >= 0.3 is 0 Å². The zero-order valence-electron chi connectivity index (χ0n) is 18.2. The van der Waals surface area contributed by atoms with Crippen LogP contribution in [0.2, 0.25) is 5.02 Å². The summed E-state index contributed by atoms with van der Waals surface area (Å²) in [6.45, 7) is 13.2. The molecule has 6 nitrogen and oxygen atoms in total. The monoisotopic (exact) mass is 419 g/mol. The minimum atomic E-state index is -0.0841. The summed E-state index contributed by atoms with van der Waals surface area (Å²) in [4.78, 5) is 13.6. The second-order valence-corrected chi connectivity index (χ2v) is 7.58. The highest BCUT2D eigenvalue weighted by Crippen LogP contribution is 2.24. The fourth-order valence-electron chi connectivity index (χ4n) is 2.79. The van der Waals surface area contributed by atoms with Crippen LogP contribution in [0.1, 0.15) is 34.1 Å². The van der Waals surface area contributed by atoms with E-state index in [2.05, 4.69) is 29.2 Å². The van der Waals surface area contributed by atoms with Crippen molar-refractivity contribution in [3.63, 3.8) is 0 Å². The van der Waals surface area contributed by atoms with E-state index in [9.17, 15) is 4.79 Å². The standard InChI is InChI=1S/C22H34ClN5O/c1-7-13-24-18(4)19(5)25-26-27(6)14-12-22(17(3)8-2)28(16-29)21-11-9-10-20(23)15-21/h7-11,15-16,18-19,22,24H,1,12-14H2,2-6H3/b17-8+,26-25-/t18-,19?,22?/m0/s1. The molecule has 1 aromatic rings. The van der Waals surface area contributed by atoms with Gasteiger partial charge in [-0.3, -0.25) is 9.80 Å². The van der Waals surface area contributed by atoms with E-state index < -0.39 is 0 Å². The molecule has 0 heterocycles. The number of allylic oxidation sites excluding steroid dienone is 1. The summed E-state index contributed by atoms with van der Waals surface area (Å²) in [5, 5.41) is 14.5. The molecule has 0 saturated carbocycles. The van der Waals surface area contributed by atoms with E-state index in [-0.39, 0.29) is 18.1 Å². The fraction of sp³-hybridized carbons (Fsp3) is 0.500. The van der Waals surface area contributed by atoms with Crippen molar-refractivity contribution < 1.29 is 4.79 Å². The molecular formula is C22H34ClN5O. The Labute approximate surface area is 180 Å². The molecule has 0 saturated heterocycles. The van der Waals surface area contributed by atoms with E-state index in [1.54, 1.807) is 17.0 Å². The SMILES string of the molecule is C=CCN[C@@H](C)C(C)/N=N\N(C)CCC(/C(C)=C/C)N(C=O)c1cccc(Cl)c1.